The number of nitrogens with zero attached hydrogens (tertiary/aromatic N) is 3. The highest BCUT2D eigenvalue weighted by atomic mass is 35.5. The number of methoxy groups -OCH3 is 1. The van der Waals surface area contributed by atoms with Crippen molar-refractivity contribution in [2.75, 3.05) is 46.4 Å². The molecule has 12 heteroatoms. The van der Waals surface area contributed by atoms with Crippen molar-refractivity contribution in [3.05, 3.63) is 132 Å². The Bertz CT molecular complexity index is 1650. The fourth-order valence-corrected chi connectivity index (χ4v) is 6.54. The summed E-state index contributed by atoms with van der Waals surface area (Å²) in [6.45, 7) is 7.19. The zero-order chi connectivity index (χ0) is 33.7. The average molecular weight is 680 g/mol. The van der Waals surface area contributed by atoms with E-state index in [1.807, 2.05) is 48.5 Å². The minimum Gasteiger partial charge on any atom is -0.466 e. The highest BCUT2D eigenvalue weighted by Crippen LogP contribution is 2.40. The molecule has 2 heterocycles. The number of nitrogens with one attached hydrogen (secondary N) is 1. The molecule has 0 amide bonds. The quantitative estimate of drug-likeness (QED) is 0.151. The van der Waals surface area contributed by atoms with Crippen molar-refractivity contribution in [1.29, 1.82) is 0 Å². The third kappa shape index (κ3) is 7.85. The minimum absolute atomic E-state index is 0.0319. The molecule has 246 valence electrons. The van der Waals surface area contributed by atoms with Crippen LogP contribution in [0.4, 0.5) is 5.69 Å². The third-order valence-electron chi connectivity index (χ3n) is 8.58. The van der Waals surface area contributed by atoms with E-state index in [1.165, 1.54) is 25.3 Å². The van der Waals surface area contributed by atoms with E-state index in [-0.39, 0.29) is 29.5 Å². The van der Waals surface area contributed by atoms with E-state index >= 15 is 0 Å². The summed E-state index contributed by atoms with van der Waals surface area (Å²) in [5, 5.41) is 16.0. The first-order chi connectivity index (χ1) is 22.6. The molecular weight excluding hydrogens is 643 g/mol. The zero-order valence-corrected chi connectivity index (χ0v) is 27.9. The highest BCUT2D eigenvalue weighted by molar-refractivity contribution is 6.30. The topological polar surface area (TPSA) is 114 Å². The molecule has 3 aromatic carbocycles. The Morgan fingerprint density at radius 1 is 0.894 bits per heavy atom. The average Bonchev–Trinajstić information content (AvgIpc) is 3.06. The number of carbonyl (C=O) groups is 2. The molecule has 2 aliphatic heterocycles. The lowest BCUT2D eigenvalue weighted by atomic mass is 9.80. The van der Waals surface area contributed by atoms with Crippen LogP contribution in [0.2, 0.25) is 10.0 Å². The van der Waals surface area contributed by atoms with Gasteiger partial charge in [-0.1, -0.05) is 59.6 Å². The second-order valence-corrected chi connectivity index (χ2v) is 12.4. The number of ether oxygens (including phenoxy) is 2. The van der Waals surface area contributed by atoms with Crippen molar-refractivity contribution in [1.82, 2.24) is 15.1 Å². The van der Waals surface area contributed by atoms with E-state index in [2.05, 4.69) is 15.1 Å². The van der Waals surface area contributed by atoms with Crippen LogP contribution in [0.15, 0.2) is 95.3 Å². The lowest BCUT2D eigenvalue weighted by molar-refractivity contribution is -0.384. The van der Waals surface area contributed by atoms with Gasteiger partial charge in [-0.2, -0.15) is 0 Å². The van der Waals surface area contributed by atoms with E-state index in [4.69, 9.17) is 32.7 Å². The Balaban J connectivity index is 1.26. The number of hydrogen-bond donors (Lipinski definition) is 1. The molecule has 5 rings (SSSR count). The first-order valence-electron chi connectivity index (χ1n) is 15.2. The Morgan fingerprint density at radius 3 is 1.98 bits per heavy atom. The second-order valence-electron chi connectivity index (χ2n) is 11.5. The maximum Gasteiger partial charge on any atom is 0.336 e. The number of nitro benzene ring substituents is 1. The van der Waals surface area contributed by atoms with Crippen molar-refractivity contribution in [2.45, 2.75) is 25.8 Å². The number of hydrogen-bond acceptors (Lipinski definition) is 9. The number of allylic oxidation sites excluding steroid dienone is 2. The summed E-state index contributed by atoms with van der Waals surface area (Å²) >= 11 is 12.4. The summed E-state index contributed by atoms with van der Waals surface area (Å²) in [7, 11) is 1.25. The number of esters is 2. The van der Waals surface area contributed by atoms with Crippen molar-refractivity contribution < 1.29 is 24.0 Å². The molecule has 1 fully saturated rings. The number of carbonyl (C=O) groups excluding carboxylic acids is 2. The van der Waals surface area contributed by atoms with Gasteiger partial charge in [-0.25, -0.2) is 9.59 Å². The van der Waals surface area contributed by atoms with Crippen LogP contribution >= 0.6 is 23.2 Å². The summed E-state index contributed by atoms with van der Waals surface area (Å²) < 4.78 is 10.8. The van der Waals surface area contributed by atoms with Gasteiger partial charge in [-0.05, 0) is 54.8 Å². The monoisotopic (exact) mass is 678 g/mol. The molecular formula is C35H36Cl2N4O6. The van der Waals surface area contributed by atoms with E-state index < -0.39 is 22.8 Å². The molecule has 1 unspecified atom stereocenters. The van der Waals surface area contributed by atoms with Crippen LogP contribution < -0.4 is 5.32 Å². The molecule has 0 aromatic heterocycles. The van der Waals surface area contributed by atoms with Gasteiger partial charge in [0.2, 0.25) is 0 Å². The fraction of sp³-hybridized carbons (Fsp3) is 0.314. The number of dihydropyridines is 1. The molecule has 0 spiro atoms. The predicted molar refractivity (Wildman–Crippen MR) is 180 cm³/mol. The predicted octanol–water partition coefficient (Wildman–Crippen LogP) is 6.26. The van der Waals surface area contributed by atoms with Gasteiger partial charge in [0.25, 0.3) is 5.69 Å². The summed E-state index contributed by atoms with van der Waals surface area (Å²) in [5.41, 5.74) is 3.93. The SMILES string of the molecule is COC(=O)C1=C(C)NC(C)=C(C(=O)OCCN2CCN(C(c3ccc(Cl)cc3)c3ccc(Cl)cc3)CC2)C1c1cccc([N+](=O)[O-])c1. The van der Waals surface area contributed by atoms with Crippen LogP contribution in [-0.2, 0) is 19.1 Å². The number of piperazine rings is 1. The number of halogens is 2. The molecule has 0 aliphatic carbocycles. The Morgan fingerprint density at radius 2 is 1.45 bits per heavy atom. The van der Waals surface area contributed by atoms with Crippen molar-refractivity contribution in [3.63, 3.8) is 0 Å². The second kappa shape index (κ2) is 15.1. The van der Waals surface area contributed by atoms with Crippen molar-refractivity contribution in [2.24, 2.45) is 0 Å². The lowest BCUT2D eigenvalue weighted by Gasteiger charge is -2.39. The van der Waals surface area contributed by atoms with Crippen LogP contribution in [0.5, 0.6) is 0 Å². The van der Waals surface area contributed by atoms with E-state index in [9.17, 15) is 19.7 Å². The Labute approximate surface area is 283 Å². The number of non-ortho nitro benzene ring substituents is 1. The van der Waals surface area contributed by atoms with Gasteiger partial charge >= 0.3 is 11.9 Å². The molecule has 2 aliphatic rings. The molecule has 3 aromatic rings. The summed E-state index contributed by atoms with van der Waals surface area (Å²) in [4.78, 5) is 42.2. The van der Waals surface area contributed by atoms with Gasteiger partial charge in [0.1, 0.15) is 6.61 Å². The molecule has 1 saturated heterocycles. The maximum atomic E-state index is 13.6. The number of rotatable bonds is 10. The largest absolute Gasteiger partial charge is 0.466 e. The van der Waals surface area contributed by atoms with Crippen LogP contribution in [0.1, 0.15) is 42.5 Å². The van der Waals surface area contributed by atoms with E-state index in [0.29, 0.717) is 33.5 Å². The van der Waals surface area contributed by atoms with Crippen molar-refractivity contribution >= 4 is 40.8 Å². The van der Waals surface area contributed by atoms with Crippen LogP contribution in [-0.4, -0.2) is 73.1 Å². The van der Waals surface area contributed by atoms with Crippen LogP contribution in [0, 0.1) is 10.1 Å². The summed E-state index contributed by atoms with van der Waals surface area (Å²) in [6.07, 6.45) is 0. The van der Waals surface area contributed by atoms with Gasteiger partial charge < -0.3 is 14.8 Å². The van der Waals surface area contributed by atoms with E-state index in [0.717, 1.165) is 37.3 Å². The van der Waals surface area contributed by atoms with Gasteiger partial charge in [0, 0.05) is 66.3 Å². The Hall–Kier alpha value is -4.22. The lowest BCUT2D eigenvalue weighted by Crippen LogP contribution is -2.48. The molecule has 47 heavy (non-hydrogen) atoms. The standard InChI is InChI=1S/C35H36Cl2N4O6/c1-22-30(34(42)46-3)32(26-5-4-6-29(21-26)41(44)45)31(23(2)38-22)35(43)47-20-19-39-15-17-40(18-16-39)33(24-7-11-27(36)12-8-24)25-9-13-28(37)14-10-25/h4-14,21,32-33,38H,15-20H2,1-3H3. The number of nitro groups is 1. The smallest absolute Gasteiger partial charge is 0.336 e. The molecule has 1 atom stereocenters. The first-order valence-corrected chi connectivity index (χ1v) is 16.0. The summed E-state index contributed by atoms with van der Waals surface area (Å²) in [5.74, 6) is -2.15. The van der Waals surface area contributed by atoms with E-state index in [1.54, 1.807) is 19.9 Å². The van der Waals surface area contributed by atoms with Gasteiger partial charge in [-0.15, -0.1) is 0 Å². The van der Waals surface area contributed by atoms with Gasteiger partial charge in [-0.3, -0.25) is 19.9 Å². The molecule has 0 bridgehead atoms. The first kappa shape index (κ1) is 34.1. The van der Waals surface area contributed by atoms with Crippen LogP contribution in [0.25, 0.3) is 0 Å². The normalized spacial score (nSPS) is 17.4. The zero-order valence-electron chi connectivity index (χ0n) is 26.4. The maximum absolute atomic E-state index is 13.6. The number of benzene rings is 3. The van der Waals surface area contributed by atoms with Gasteiger partial charge in [0.05, 0.1) is 35.1 Å². The fourth-order valence-electron chi connectivity index (χ4n) is 6.29. The molecule has 0 radical (unpaired) electrons. The molecule has 1 N–H and O–H groups in total. The van der Waals surface area contributed by atoms with Crippen LogP contribution in [0.3, 0.4) is 0 Å². The highest BCUT2D eigenvalue weighted by Gasteiger charge is 2.38. The molecule has 10 nitrogen and oxygen atoms in total. The summed E-state index contributed by atoms with van der Waals surface area (Å²) in [6, 6.07) is 21.7. The minimum atomic E-state index is -0.905. The van der Waals surface area contributed by atoms with Crippen molar-refractivity contribution in [3.8, 4) is 0 Å². The molecule has 0 saturated carbocycles. The Kier molecular flexibility index (Phi) is 11.0. The van der Waals surface area contributed by atoms with Gasteiger partial charge in [0.15, 0.2) is 0 Å². The third-order valence-corrected chi connectivity index (χ3v) is 9.09.